The molecule has 2 aromatic carbocycles. The maximum Gasteiger partial charge on any atom is 0.323 e. The van der Waals surface area contributed by atoms with Crippen LogP contribution in [0, 0.1) is 11.8 Å². The Morgan fingerprint density at radius 3 is 1.19 bits per heavy atom. The lowest BCUT2D eigenvalue weighted by atomic mass is 10.0. The molecule has 11 atom stereocenters. The largest absolute Gasteiger partial charge is 0.508 e. The molecule has 3 aromatic rings. The topological polar surface area (TPSA) is 720 Å². The fourth-order valence-corrected chi connectivity index (χ4v) is 5.53. The number of phenolic OH excluding ortho intramolecular Hbond substituents is 1. The molecule has 1 heterocycles. The SMILES string of the molecule is CC(C)CC(N)C(=O)O.CC[C@H](C)[C@H](N)C(=O)O.CSCCC(N)C(=O)O.C[C@@H](O)[C@H](N)C(=O)O.N.NCCCCC(N)C(=O)O.N[C@@H](CO)C(=O)O.N[C@@H](Cc1ccc(O)cc1)C(=O)O.N[C@@H](Cc1ccccc1)C(=O)O.N[C@@H](Cc1cnc[nH]1)C(=O)O. The van der Waals surface area contributed by atoms with E-state index in [4.69, 9.17) is 119 Å². The molecule has 0 aliphatic heterocycles. The van der Waals surface area contributed by atoms with E-state index in [1.54, 1.807) is 30.1 Å². The molecule has 0 amide bonds. The number of benzene rings is 2. The number of aromatic hydroxyl groups is 1. The Morgan fingerprint density at radius 2 is 0.921 bits per heavy atom. The van der Waals surface area contributed by atoms with E-state index >= 15 is 0 Å². The number of nitrogens with two attached hydrogens (primary N) is 10. The average Bonchev–Trinajstić information content (AvgIpc) is 4.17. The number of aliphatic hydroxyl groups excluding tert-OH is 2. The second-order valence-electron chi connectivity index (χ2n) is 19.2. The number of H-pyrrole nitrogens is 1. The Morgan fingerprint density at radius 1 is 0.528 bits per heavy atom. The first kappa shape index (κ1) is 95.2. The van der Waals surface area contributed by atoms with Crippen molar-refractivity contribution in [2.75, 3.05) is 25.2 Å². The lowest BCUT2D eigenvalue weighted by Gasteiger charge is -2.11. The monoisotopic (exact) mass is 1300 g/mol. The van der Waals surface area contributed by atoms with Gasteiger partial charge in [-0.15, -0.1) is 0 Å². The van der Waals surface area contributed by atoms with Crippen molar-refractivity contribution in [2.45, 2.75) is 153 Å². The summed E-state index contributed by atoms with van der Waals surface area (Å²) >= 11 is 1.60. The zero-order chi connectivity index (χ0) is 69.8. The van der Waals surface area contributed by atoms with Crippen molar-refractivity contribution in [3.8, 4) is 5.75 Å². The fourth-order valence-electron chi connectivity index (χ4n) is 5.04. The number of aliphatic carboxylic acids is 9. The van der Waals surface area contributed by atoms with Gasteiger partial charge in [0, 0.05) is 18.3 Å². The van der Waals surface area contributed by atoms with Gasteiger partial charge in [-0.05, 0) is 99.1 Å². The van der Waals surface area contributed by atoms with Gasteiger partial charge >= 0.3 is 53.7 Å². The number of imidazole rings is 1. The highest BCUT2D eigenvalue weighted by Crippen LogP contribution is 2.11. The molecular weight excluding hydrogens is 1200 g/mol. The molecule has 0 spiro atoms. The molecule has 0 bridgehead atoms. The predicted octanol–water partition coefficient (Wildman–Crippen LogP) is -1.75. The third-order valence-corrected chi connectivity index (χ3v) is 11.4. The zero-order valence-electron chi connectivity index (χ0n) is 51.1. The molecule has 0 radical (unpaired) electrons. The molecule has 0 saturated carbocycles. The molecule has 3 unspecified atom stereocenters. The Kier molecular flexibility index (Phi) is 62.2. The molecule has 34 nitrogen and oxygen atoms in total. The molecule has 1 aromatic heterocycles. The van der Waals surface area contributed by atoms with E-state index in [9.17, 15) is 43.2 Å². The number of aromatic nitrogens is 2. The van der Waals surface area contributed by atoms with Gasteiger partial charge in [0.15, 0.2) is 0 Å². The lowest BCUT2D eigenvalue weighted by molar-refractivity contribution is -0.141. The van der Waals surface area contributed by atoms with Crippen LogP contribution in [-0.2, 0) is 62.4 Å². The maximum absolute atomic E-state index is 10.4. The Hall–Kier alpha value is -7.49. The van der Waals surface area contributed by atoms with Crippen LogP contribution >= 0.6 is 11.8 Å². The number of unbranched alkanes of at least 4 members (excludes halogenated alkanes) is 1. The van der Waals surface area contributed by atoms with Crippen LogP contribution in [0.3, 0.4) is 0 Å². The van der Waals surface area contributed by atoms with Crippen molar-refractivity contribution in [1.29, 1.82) is 0 Å². The number of carboxylic acid groups (broad SMARTS) is 9. The second kappa shape index (κ2) is 58.2. The van der Waals surface area contributed by atoms with Gasteiger partial charge in [0.25, 0.3) is 0 Å². The lowest BCUT2D eigenvalue weighted by Crippen LogP contribution is -2.39. The van der Waals surface area contributed by atoms with E-state index in [0.717, 1.165) is 41.8 Å². The highest BCUT2D eigenvalue weighted by Gasteiger charge is 2.19. The summed E-state index contributed by atoms with van der Waals surface area (Å²) in [5, 5.41) is 100. The highest BCUT2D eigenvalue weighted by atomic mass is 32.2. The van der Waals surface area contributed by atoms with E-state index in [-0.39, 0.29) is 30.7 Å². The van der Waals surface area contributed by atoms with E-state index in [1.807, 2.05) is 64.3 Å². The summed E-state index contributed by atoms with van der Waals surface area (Å²) in [6.45, 7) is 9.08. The number of thioether (sulfide) groups is 1. The van der Waals surface area contributed by atoms with Crippen LogP contribution in [0.25, 0.3) is 0 Å². The quantitative estimate of drug-likeness (QED) is 0.0359. The van der Waals surface area contributed by atoms with Gasteiger partial charge in [-0.2, -0.15) is 11.8 Å². The number of hydrogen-bond acceptors (Lipinski definition) is 25. The molecule has 0 aliphatic carbocycles. The van der Waals surface area contributed by atoms with Crippen LogP contribution in [0.1, 0.15) is 90.0 Å². The summed E-state index contributed by atoms with van der Waals surface area (Å²) in [4.78, 5) is 97.5. The van der Waals surface area contributed by atoms with Crippen LogP contribution in [0.15, 0.2) is 67.1 Å². The van der Waals surface area contributed by atoms with Gasteiger partial charge in [0.1, 0.15) is 60.1 Å². The van der Waals surface area contributed by atoms with Crippen LogP contribution in [0.2, 0.25) is 0 Å². The number of aromatic amines is 1. The minimum absolute atomic E-state index is 0. The molecule has 35 heteroatoms. The molecule has 89 heavy (non-hydrogen) atoms. The van der Waals surface area contributed by atoms with Gasteiger partial charge in [0.05, 0.1) is 19.0 Å². The first-order chi connectivity index (χ1) is 40.7. The van der Waals surface area contributed by atoms with Crippen molar-refractivity contribution in [3.63, 3.8) is 0 Å². The molecular formula is C54H101N13O21S. The number of nitrogens with zero attached hydrogens (tertiary/aromatic N) is 1. The third kappa shape index (κ3) is 60.6. The van der Waals surface area contributed by atoms with E-state index < -0.39 is 121 Å². The van der Waals surface area contributed by atoms with Crippen molar-refractivity contribution in [3.05, 3.63) is 83.9 Å². The molecule has 514 valence electrons. The number of carboxylic acids is 9. The highest BCUT2D eigenvalue weighted by molar-refractivity contribution is 7.98. The third-order valence-electron chi connectivity index (χ3n) is 10.8. The number of nitrogens with one attached hydrogen (secondary N) is 1. The van der Waals surface area contributed by atoms with Crippen LogP contribution in [-0.4, -0.2) is 211 Å². The molecule has 36 N–H and O–H groups in total. The average molecular weight is 1300 g/mol. The van der Waals surface area contributed by atoms with Crippen LogP contribution in [0.4, 0.5) is 0 Å². The summed E-state index contributed by atoms with van der Waals surface area (Å²) < 4.78 is 0. The number of aliphatic hydroxyl groups is 2. The van der Waals surface area contributed by atoms with E-state index in [0.29, 0.717) is 38.1 Å². The molecule has 3 rings (SSSR count). The van der Waals surface area contributed by atoms with E-state index in [2.05, 4.69) is 9.97 Å². The molecule has 0 aliphatic rings. The summed E-state index contributed by atoms with van der Waals surface area (Å²) in [5.74, 6) is -7.61. The van der Waals surface area contributed by atoms with Crippen molar-refractivity contribution < 1.29 is 104 Å². The number of phenols is 1. The predicted molar refractivity (Wildman–Crippen MR) is 333 cm³/mol. The summed E-state index contributed by atoms with van der Waals surface area (Å²) in [7, 11) is 0. The second-order valence-corrected chi connectivity index (χ2v) is 20.2. The Labute approximate surface area is 521 Å². The van der Waals surface area contributed by atoms with Gasteiger partial charge in [-0.25, -0.2) is 4.98 Å². The van der Waals surface area contributed by atoms with Gasteiger partial charge in [0.2, 0.25) is 0 Å². The first-order valence-electron chi connectivity index (χ1n) is 26.8. The van der Waals surface area contributed by atoms with Crippen molar-refractivity contribution >= 4 is 65.5 Å². The standard InChI is InChI=1S/C9H11NO3.C9H11NO2.C6H9N3O2.C6H14N2O2.2C6H13NO2.C5H11NO2S.C4H9NO3.C3H7NO3.H3N/c10-8(9(12)13)5-6-1-3-7(11)4-2-6;10-8(9(11)12)6-7-4-2-1-3-5-7;7-5(6(10)11)1-4-2-8-3-9-4;7-4-2-1-3-5(8)6(9)10;1-4(2)3-5(7)6(8)9;1-3-4(2)5(7)6(8)9;1-9-3-2-4(6)5(7)8;1-2(6)3(5)4(7)8;4-2(1-5)3(6)7;/h1-4,8,11H,5,10H2,(H,12,13);1-5,8H,6,10H2,(H,11,12);2-3,5H,1,7H2,(H,8,9)(H,10,11);5H,1-4,7-8H2,(H,9,10);2*4-5H,3,7H2,1-2H3,(H,8,9);4H,2-3,6H2,1H3,(H,7,8);2-3,6H,5H2,1H3,(H,7,8);2,5H,1,4H2,(H,6,7);1H3/t2*8-;5-;;;4-,5-;;2-,3+;2-;/m000..0.10./s1. The minimum Gasteiger partial charge on any atom is -0.508 e. The van der Waals surface area contributed by atoms with Crippen molar-refractivity contribution in [2.24, 2.45) is 69.2 Å². The first-order valence-corrected chi connectivity index (χ1v) is 28.2. The van der Waals surface area contributed by atoms with Crippen LogP contribution in [0.5, 0.6) is 5.75 Å². The zero-order valence-corrected chi connectivity index (χ0v) is 52.0. The summed E-state index contributed by atoms with van der Waals surface area (Å²) in [6, 6.07) is 8.05. The van der Waals surface area contributed by atoms with Gasteiger partial charge < -0.3 is 130 Å². The number of hydrogen-bond donors (Lipinski definition) is 24. The van der Waals surface area contributed by atoms with Crippen molar-refractivity contribution in [1.82, 2.24) is 16.1 Å². The summed E-state index contributed by atoms with van der Waals surface area (Å²) in [6.07, 6.45) is 9.02. The summed E-state index contributed by atoms with van der Waals surface area (Å²) in [5.41, 5.74) is 54.2. The molecule has 0 saturated heterocycles. The van der Waals surface area contributed by atoms with Gasteiger partial charge in [-0.3, -0.25) is 43.2 Å². The normalized spacial score (nSPS) is 13.6. The number of carbonyl (C=O) groups is 9. The Balaban J connectivity index is -0.000000171. The smallest absolute Gasteiger partial charge is 0.323 e. The van der Waals surface area contributed by atoms with Crippen LogP contribution < -0.4 is 63.5 Å². The minimum atomic E-state index is -1.18. The fraction of sp³-hybridized carbons (Fsp3) is 0.556. The van der Waals surface area contributed by atoms with Gasteiger partial charge in [-0.1, -0.05) is 83.0 Å². The maximum atomic E-state index is 10.4. The van der Waals surface area contributed by atoms with E-state index in [1.165, 1.54) is 25.4 Å². The number of rotatable bonds is 28. The Bertz CT molecular complexity index is 2330. The molecule has 0 fully saturated rings.